The number of hydrogen-bond donors (Lipinski definition) is 5. The number of carboxylic acids is 1. The summed E-state index contributed by atoms with van der Waals surface area (Å²) in [4.78, 5) is 15.2. The van der Waals surface area contributed by atoms with Crippen LogP contribution in [0.25, 0.3) is 0 Å². The van der Waals surface area contributed by atoms with Gasteiger partial charge in [0.2, 0.25) is 0 Å². The first-order valence-corrected chi connectivity index (χ1v) is 16.7. The van der Waals surface area contributed by atoms with Crippen molar-refractivity contribution < 1.29 is 25.2 Å². The average Bonchev–Trinajstić information content (AvgIpc) is 3.63. The standard InChI is InChI=1S/C34H59NO5/c1-2-3-4-5-9-14-29(36)15-10-6-7-11-16-30(32(38)39)31(37)18-23-33(40)22-17-27(25-33)34(20-12-8-13-21-34)28-19-24-35-26-28/h19,24,26-27,29-31,35-37,40H,2-18,20-23,25H2,1H3,(H,38,39)/t27-,29+,30+,31-,33-/m1/s1. The molecule has 6 nitrogen and oxygen atoms in total. The van der Waals surface area contributed by atoms with E-state index in [4.69, 9.17) is 0 Å². The number of H-pyrrole nitrogens is 1. The molecule has 6 heteroatoms. The van der Waals surface area contributed by atoms with Crippen LogP contribution >= 0.6 is 0 Å². The molecule has 2 saturated carbocycles. The monoisotopic (exact) mass is 561 g/mol. The molecule has 5 atom stereocenters. The molecule has 2 aliphatic rings. The molecule has 0 spiro atoms. The van der Waals surface area contributed by atoms with Gasteiger partial charge in [-0.15, -0.1) is 0 Å². The molecular weight excluding hydrogens is 502 g/mol. The molecule has 0 unspecified atom stereocenters. The molecule has 0 aromatic carbocycles. The molecule has 3 rings (SSSR count). The number of aromatic amines is 1. The largest absolute Gasteiger partial charge is 0.481 e. The van der Waals surface area contributed by atoms with Crippen LogP contribution in [0.3, 0.4) is 0 Å². The highest BCUT2D eigenvalue weighted by Crippen LogP contribution is 2.54. The number of aliphatic carboxylic acids is 1. The Morgan fingerprint density at radius 1 is 0.925 bits per heavy atom. The zero-order chi connectivity index (χ0) is 28.8. The van der Waals surface area contributed by atoms with Gasteiger partial charge in [0, 0.05) is 12.4 Å². The van der Waals surface area contributed by atoms with Crippen LogP contribution in [-0.2, 0) is 10.2 Å². The van der Waals surface area contributed by atoms with Gasteiger partial charge < -0.3 is 25.4 Å². The summed E-state index contributed by atoms with van der Waals surface area (Å²) in [5, 5.41) is 42.3. The molecule has 0 amide bonds. The number of carbonyl (C=O) groups is 1. The maximum atomic E-state index is 12.0. The van der Waals surface area contributed by atoms with Crippen molar-refractivity contribution in [1.29, 1.82) is 0 Å². The Morgan fingerprint density at radius 2 is 1.57 bits per heavy atom. The summed E-state index contributed by atoms with van der Waals surface area (Å²) < 4.78 is 0. The van der Waals surface area contributed by atoms with Crippen LogP contribution in [-0.4, -0.2) is 49.2 Å². The third kappa shape index (κ3) is 9.87. The van der Waals surface area contributed by atoms with Gasteiger partial charge in [0.25, 0.3) is 0 Å². The number of nitrogens with one attached hydrogen (secondary N) is 1. The van der Waals surface area contributed by atoms with E-state index in [1.165, 1.54) is 63.4 Å². The van der Waals surface area contributed by atoms with Crippen molar-refractivity contribution in [3.8, 4) is 0 Å². The summed E-state index contributed by atoms with van der Waals surface area (Å²) in [5.74, 6) is -1.28. The highest BCUT2D eigenvalue weighted by Gasteiger charge is 2.49. The lowest BCUT2D eigenvalue weighted by atomic mass is 9.61. The smallest absolute Gasteiger partial charge is 0.309 e. The van der Waals surface area contributed by atoms with Gasteiger partial charge >= 0.3 is 5.97 Å². The Kier molecular flexibility index (Phi) is 14.0. The topological polar surface area (TPSA) is 114 Å². The van der Waals surface area contributed by atoms with Crippen molar-refractivity contribution >= 4 is 5.97 Å². The zero-order valence-corrected chi connectivity index (χ0v) is 25.3. The van der Waals surface area contributed by atoms with Gasteiger partial charge in [0.1, 0.15) is 0 Å². The van der Waals surface area contributed by atoms with Crippen molar-refractivity contribution in [3.05, 3.63) is 24.0 Å². The van der Waals surface area contributed by atoms with E-state index in [1.54, 1.807) is 0 Å². The first-order chi connectivity index (χ1) is 19.3. The minimum Gasteiger partial charge on any atom is -0.481 e. The Balaban J connectivity index is 1.37. The molecule has 0 radical (unpaired) electrons. The van der Waals surface area contributed by atoms with Crippen LogP contribution in [0.1, 0.15) is 154 Å². The highest BCUT2D eigenvalue weighted by atomic mass is 16.4. The number of hydrogen-bond acceptors (Lipinski definition) is 4. The summed E-state index contributed by atoms with van der Waals surface area (Å²) in [5.41, 5.74) is 0.700. The van der Waals surface area contributed by atoms with Gasteiger partial charge in [-0.1, -0.05) is 84.0 Å². The van der Waals surface area contributed by atoms with Gasteiger partial charge in [-0.05, 0) is 87.2 Å². The van der Waals surface area contributed by atoms with Crippen LogP contribution in [0.5, 0.6) is 0 Å². The summed E-state index contributed by atoms with van der Waals surface area (Å²) >= 11 is 0. The lowest BCUT2D eigenvalue weighted by Gasteiger charge is -2.43. The molecule has 0 bridgehead atoms. The third-order valence-electron chi connectivity index (χ3n) is 10.4. The second kappa shape index (κ2) is 16.9. The maximum absolute atomic E-state index is 12.0. The van der Waals surface area contributed by atoms with Crippen LogP contribution in [0.4, 0.5) is 0 Å². The molecule has 1 heterocycles. The van der Waals surface area contributed by atoms with E-state index in [9.17, 15) is 25.2 Å². The Bertz CT molecular complexity index is 820. The predicted molar refractivity (Wildman–Crippen MR) is 161 cm³/mol. The van der Waals surface area contributed by atoms with E-state index >= 15 is 0 Å². The molecular formula is C34H59NO5. The number of aliphatic hydroxyl groups excluding tert-OH is 2. The Hall–Kier alpha value is -1.37. The molecule has 0 aliphatic heterocycles. The molecule has 5 N–H and O–H groups in total. The van der Waals surface area contributed by atoms with E-state index in [-0.39, 0.29) is 11.5 Å². The van der Waals surface area contributed by atoms with Crippen molar-refractivity contribution in [2.45, 2.75) is 171 Å². The third-order valence-corrected chi connectivity index (χ3v) is 10.4. The number of aromatic nitrogens is 1. The lowest BCUT2D eigenvalue weighted by molar-refractivity contribution is -0.146. The molecule has 40 heavy (non-hydrogen) atoms. The molecule has 0 saturated heterocycles. The summed E-state index contributed by atoms with van der Waals surface area (Å²) in [7, 11) is 0. The van der Waals surface area contributed by atoms with E-state index < -0.39 is 23.6 Å². The fourth-order valence-electron chi connectivity index (χ4n) is 7.88. The van der Waals surface area contributed by atoms with Crippen molar-refractivity contribution in [1.82, 2.24) is 4.98 Å². The van der Waals surface area contributed by atoms with Crippen molar-refractivity contribution in [2.24, 2.45) is 11.8 Å². The minimum absolute atomic E-state index is 0.135. The number of carboxylic acid groups (broad SMARTS) is 1. The van der Waals surface area contributed by atoms with Gasteiger partial charge in [-0.2, -0.15) is 0 Å². The summed E-state index contributed by atoms with van der Waals surface area (Å²) in [6, 6.07) is 2.21. The van der Waals surface area contributed by atoms with Gasteiger partial charge in [0.15, 0.2) is 0 Å². The lowest BCUT2D eigenvalue weighted by Crippen LogP contribution is -2.38. The van der Waals surface area contributed by atoms with Crippen LogP contribution in [0, 0.1) is 11.8 Å². The van der Waals surface area contributed by atoms with E-state index in [2.05, 4.69) is 24.2 Å². The number of aliphatic hydroxyl groups is 3. The second-order valence-electron chi connectivity index (χ2n) is 13.4. The predicted octanol–water partition coefficient (Wildman–Crippen LogP) is 7.65. The van der Waals surface area contributed by atoms with E-state index in [0.717, 1.165) is 64.2 Å². The fraction of sp³-hybridized carbons (Fsp3) is 0.853. The second-order valence-corrected chi connectivity index (χ2v) is 13.4. The number of unbranched alkanes of at least 4 members (excludes halogenated alkanes) is 7. The SMILES string of the molecule is CCCCCCC[C@H](O)CCCCCC[C@H](C(=O)O)[C@H](O)CC[C@]1(O)CC[C@@H](C2(c3cc[nH]c3)CCCCC2)C1. The maximum Gasteiger partial charge on any atom is 0.309 e. The van der Waals surface area contributed by atoms with Crippen molar-refractivity contribution in [3.63, 3.8) is 0 Å². The fourth-order valence-corrected chi connectivity index (χ4v) is 7.88. The summed E-state index contributed by atoms with van der Waals surface area (Å²) in [6.07, 6.45) is 24.3. The molecule has 2 aliphatic carbocycles. The van der Waals surface area contributed by atoms with Gasteiger partial charge in [-0.25, -0.2) is 0 Å². The van der Waals surface area contributed by atoms with Crippen molar-refractivity contribution in [2.75, 3.05) is 0 Å². The summed E-state index contributed by atoms with van der Waals surface area (Å²) in [6.45, 7) is 2.21. The quantitative estimate of drug-likeness (QED) is 0.105. The van der Waals surface area contributed by atoms with E-state index in [0.29, 0.717) is 25.2 Å². The van der Waals surface area contributed by atoms with Crippen LogP contribution in [0.2, 0.25) is 0 Å². The minimum atomic E-state index is -0.934. The van der Waals surface area contributed by atoms with Crippen LogP contribution in [0.15, 0.2) is 18.5 Å². The molecule has 1 aromatic rings. The van der Waals surface area contributed by atoms with Gasteiger partial charge in [-0.3, -0.25) is 4.79 Å². The van der Waals surface area contributed by atoms with Gasteiger partial charge in [0.05, 0.1) is 23.7 Å². The average molecular weight is 562 g/mol. The molecule has 230 valence electrons. The Morgan fingerprint density at radius 3 is 2.17 bits per heavy atom. The normalized spacial score (nSPS) is 25.1. The van der Waals surface area contributed by atoms with Crippen LogP contribution < -0.4 is 0 Å². The Labute approximate surface area is 243 Å². The van der Waals surface area contributed by atoms with E-state index in [1.807, 2.05) is 6.20 Å². The first kappa shape index (κ1) is 33.1. The number of rotatable bonds is 20. The molecule has 1 aromatic heterocycles. The highest BCUT2D eigenvalue weighted by molar-refractivity contribution is 5.70. The zero-order valence-electron chi connectivity index (χ0n) is 25.3. The first-order valence-electron chi connectivity index (χ1n) is 16.7. The molecule has 2 fully saturated rings.